The second kappa shape index (κ2) is 11.2. The van der Waals surface area contributed by atoms with Crippen molar-refractivity contribution in [2.24, 2.45) is 5.73 Å². The first-order chi connectivity index (χ1) is 9.04. The van der Waals surface area contributed by atoms with Crippen molar-refractivity contribution in [2.45, 2.75) is 83.3 Å². The van der Waals surface area contributed by atoms with Crippen molar-refractivity contribution in [3.63, 3.8) is 0 Å². The highest BCUT2D eigenvalue weighted by Crippen LogP contribution is 2.14. The third-order valence-corrected chi connectivity index (χ3v) is 3.45. The van der Waals surface area contributed by atoms with Gasteiger partial charge in [0.25, 0.3) is 0 Å². The van der Waals surface area contributed by atoms with Crippen LogP contribution in [0, 0.1) is 0 Å². The molecule has 0 aromatic heterocycles. The highest BCUT2D eigenvalue weighted by atomic mass is 16.5. The Balaban J connectivity index is 3.33. The molecular weight excluding hydrogens is 242 g/mol. The average Bonchev–Trinajstić information content (AvgIpc) is 2.39. The summed E-state index contributed by atoms with van der Waals surface area (Å²) >= 11 is 0. The van der Waals surface area contributed by atoms with Crippen LogP contribution in [-0.4, -0.2) is 23.9 Å². The van der Waals surface area contributed by atoms with E-state index >= 15 is 0 Å². The van der Waals surface area contributed by atoms with Crippen LogP contribution in [0.1, 0.15) is 77.6 Å². The van der Waals surface area contributed by atoms with Crippen molar-refractivity contribution in [1.29, 1.82) is 0 Å². The summed E-state index contributed by atoms with van der Waals surface area (Å²) in [7, 11) is 1.23. The lowest BCUT2D eigenvalue weighted by atomic mass is 10.0. The van der Waals surface area contributed by atoms with Gasteiger partial charge in [0.15, 0.2) is 0 Å². The molecule has 0 rings (SSSR count). The van der Waals surface area contributed by atoms with Crippen LogP contribution in [0.3, 0.4) is 0 Å². The van der Waals surface area contributed by atoms with Crippen LogP contribution >= 0.6 is 0 Å². The van der Waals surface area contributed by atoms with Crippen LogP contribution in [0.25, 0.3) is 0 Å². The Morgan fingerprint density at radius 3 is 1.84 bits per heavy atom. The van der Waals surface area contributed by atoms with Crippen molar-refractivity contribution in [3.05, 3.63) is 0 Å². The second-order valence-corrected chi connectivity index (χ2v) is 5.35. The lowest BCUT2D eigenvalue weighted by molar-refractivity contribution is -0.162. The van der Waals surface area contributed by atoms with Crippen LogP contribution in [0.4, 0.5) is 0 Å². The quantitative estimate of drug-likeness (QED) is 0.325. The molecule has 0 aliphatic carbocycles. The van der Waals surface area contributed by atoms with Crippen molar-refractivity contribution in [3.8, 4) is 0 Å². The Hall–Kier alpha value is -0.610. The van der Waals surface area contributed by atoms with Crippen LogP contribution < -0.4 is 5.73 Å². The van der Waals surface area contributed by atoms with E-state index in [-0.39, 0.29) is 6.42 Å². The number of methoxy groups -OCH3 is 1. The molecule has 19 heavy (non-hydrogen) atoms. The maximum absolute atomic E-state index is 11.1. The zero-order valence-corrected chi connectivity index (χ0v) is 12.6. The van der Waals surface area contributed by atoms with E-state index in [9.17, 15) is 9.90 Å². The molecule has 0 aromatic carbocycles. The van der Waals surface area contributed by atoms with Crippen molar-refractivity contribution < 1.29 is 14.6 Å². The number of unbranched alkanes of at least 4 members (excludes halogenated alkanes) is 9. The third kappa shape index (κ3) is 9.91. The molecule has 0 fully saturated rings. The number of esters is 1. The third-order valence-electron chi connectivity index (χ3n) is 3.45. The van der Waals surface area contributed by atoms with Gasteiger partial charge < -0.3 is 9.84 Å². The molecule has 0 aliphatic heterocycles. The molecule has 0 amide bonds. The molecule has 3 N–H and O–H groups in total. The number of carbonyl (C=O) groups excluding carboxylic acids is 1. The first kappa shape index (κ1) is 18.4. The summed E-state index contributed by atoms with van der Waals surface area (Å²) in [6.07, 6.45) is 12.4. The Morgan fingerprint density at radius 2 is 1.42 bits per heavy atom. The van der Waals surface area contributed by atoms with E-state index in [0.717, 1.165) is 19.3 Å². The van der Waals surface area contributed by atoms with Gasteiger partial charge in [-0.05, 0) is 6.42 Å². The van der Waals surface area contributed by atoms with Gasteiger partial charge in [-0.15, -0.1) is 0 Å². The average molecular weight is 273 g/mol. The molecule has 0 saturated heterocycles. The van der Waals surface area contributed by atoms with Gasteiger partial charge in [0.05, 0.1) is 7.11 Å². The minimum atomic E-state index is -1.81. The van der Waals surface area contributed by atoms with Gasteiger partial charge >= 0.3 is 5.97 Å². The predicted molar refractivity (Wildman–Crippen MR) is 77.6 cm³/mol. The fraction of sp³-hybridized carbons (Fsp3) is 0.933. The van der Waals surface area contributed by atoms with Crippen molar-refractivity contribution in [1.82, 2.24) is 0 Å². The molecule has 0 saturated carbocycles. The van der Waals surface area contributed by atoms with Crippen LogP contribution in [-0.2, 0) is 9.53 Å². The van der Waals surface area contributed by atoms with E-state index in [4.69, 9.17) is 5.73 Å². The SMILES string of the molecule is CCCCCCCCCCCCC(N)(O)C(=O)OC. The monoisotopic (exact) mass is 273 g/mol. The van der Waals surface area contributed by atoms with Crippen LogP contribution in [0.5, 0.6) is 0 Å². The van der Waals surface area contributed by atoms with E-state index in [0.29, 0.717) is 0 Å². The number of carbonyl (C=O) groups is 1. The lowest BCUT2D eigenvalue weighted by Crippen LogP contribution is -2.48. The van der Waals surface area contributed by atoms with Gasteiger partial charge in [0.1, 0.15) is 0 Å². The molecule has 4 heteroatoms. The smallest absolute Gasteiger partial charge is 0.353 e. The van der Waals surface area contributed by atoms with Crippen LogP contribution in [0.2, 0.25) is 0 Å². The van der Waals surface area contributed by atoms with E-state index < -0.39 is 11.7 Å². The number of hydrogen-bond donors (Lipinski definition) is 2. The van der Waals surface area contributed by atoms with E-state index in [1.807, 2.05) is 0 Å². The minimum absolute atomic E-state index is 0.274. The standard InChI is InChI=1S/C15H31NO3/c1-3-4-5-6-7-8-9-10-11-12-13-15(16,18)14(17)19-2/h18H,3-13,16H2,1-2H3. The first-order valence-electron chi connectivity index (χ1n) is 7.64. The van der Waals surface area contributed by atoms with Crippen molar-refractivity contribution >= 4 is 5.97 Å². The van der Waals surface area contributed by atoms with Gasteiger partial charge in [0.2, 0.25) is 5.72 Å². The number of ether oxygens (including phenoxy) is 1. The number of hydrogen-bond acceptors (Lipinski definition) is 4. The van der Waals surface area contributed by atoms with Gasteiger partial charge in [-0.2, -0.15) is 0 Å². The Kier molecular flexibility index (Phi) is 10.9. The Bertz CT molecular complexity index is 229. The van der Waals surface area contributed by atoms with Gasteiger partial charge in [-0.3, -0.25) is 5.73 Å². The number of nitrogens with two attached hydrogens (primary N) is 1. The summed E-state index contributed by atoms with van der Waals surface area (Å²) in [5.41, 5.74) is 3.65. The molecule has 1 atom stereocenters. The number of rotatable bonds is 12. The molecular formula is C15H31NO3. The molecule has 0 bridgehead atoms. The van der Waals surface area contributed by atoms with E-state index in [1.54, 1.807) is 0 Å². The Morgan fingerprint density at radius 1 is 1.00 bits per heavy atom. The van der Waals surface area contributed by atoms with E-state index in [2.05, 4.69) is 11.7 Å². The predicted octanol–water partition coefficient (Wildman–Crippen LogP) is 3.12. The Labute approximate surface area is 117 Å². The highest BCUT2D eigenvalue weighted by Gasteiger charge is 2.31. The van der Waals surface area contributed by atoms with Gasteiger partial charge in [-0.25, -0.2) is 4.79 Å². The summed E-state index contributed by atoms with van der Waals surface area (Å²) in [4.78, 5) is 11.1. The lowest BCUT2D eigenvalue weighted by Gasteiger charge is -2.19. The second-order valence-electron chi connectivity index (χ2n) is 5.35. The summed E-state index contributed by atoms with van der Waals surface area (Å²) in [5, 5.41) is 9.61. The van der Waals surface area contributed by atoms with Crippen LogP contribution in [0.15, 0.2) is 0 Å². The molecule has 0 radical (unpaired) electrons. The van der Waals surface area contributed by atoms with Gasteiger partial charge in [-0.1, -0.05) is 64.7 Å². The molecule has 4 nitrogen and oxygen atoms in total. The fourth-order valence-electron chi connectivity index (χ4n) is 2.16. The van der Waals surface area contributed by atoms with Crippen molar-refractivity contribution in [2.75, 3.05) is 7.11 Å². The highest BCUT2D eigenvalue weighted by molar-refractivity contribution is 5.78. The maximum Gasteiger partial charge on any atom is 0.353 e. The topological polar surface area (TPSA) is 72.5 Å². The molecule has 0 heterocycles. The first-order valence-corrected chi connectivity index (χ1v) is 7.64. The maximum atomic E-state index is 11.1. The molecule has 114 valence electrons. The summed E-state index contributed by atoms with van der Waals surface area (Å²) in [6.45, 7) is 2.23. The van der Waals surface area contributed by atoms with Gasteiger partial charge in [0, 0.05) is 6.42 Å². The zero-order chi connectivity index (χ0) is 14.6. The zero-order valence-electron chi connectivity index (χ0n) is 12.6. The molecule has 0 aromatic rings. The van der Waals surface area contributed by atoms with E-state index in [1.165, 1.54) is 52.1 Å². The minimum Gasteiger partial charge on any atom is -0.466 e. The normalized spacial score (nSPS) is 14.1. The fourth-order valence-corrected chi connectivity index (χ4v) is 2.16. The summed E-state index contributed by atoms with van der Waals surface area (Å²) in [5.74, 6) is -0.747. The molecule has 0 aliphatic rings. The summed E-state index contributed by atoms with van der Waals surface area (Å²) < 4.78 is 4.44. The largest absolute Gasteiger partial charge is 0.466 e. The molecule has 0 spiro atoms. The summed E-state index contributed by atoms with van der Waals surface area (Å²) in [6, 6.07) is 0. The number of aliphatic hydroxyl groups is 1. The molecule has 1 unspecified atom stereocenters.